The van der Waals surface area contributed by atoms with Crippen molar-refractivity contribution in [3.8, 4) is 0 Å². The summed E-state index contributed by atoms with van der Waals surface area (Å²) in [5.41, 5.74) is 2.67. The fraction of sp³-hybridized carbons (Fsp3) is 0.556. The van der Waals surface area contributed by atoms with E-state index in [1.807, 2.05) is 6.20 Å². The molecule has 2 heteroatoms. The Morgan fingerprint density at radius 3 is 2.00 bits per heavy atom. The van der Waals surface area contributed by atoms with E-state index in [0.717, 1.165) is 0 Å². The van der Waals surface area contributed by atoms with E-state index in [-0.39, 0.29) is 5.41 Å². The Kier molecular flexibility index (Phi) is 1.94. The van der Waals surface area contributed by atoms with Gasteiger partial charge < -0.3 is 0 Å². The molecule has 0 aromatic carbocycles. The highest BCUT2D eigenvalue weighted by molar-refractivity contribution is 5.25. The summed E-state index contributed by atoms with van der Waals surface area (Å²) < 4.78 is 0. The molecular formula is C9H14N2. The normalized spacial score (nSPS) is 11.6. The number of hydrogen-bond acceptors (Lipinski definition) is 2. The van der Waals surface area contributed by atoms with Crippen molar-refractivity contribution < 1.29 is 0 Å². The largest absolute Gasteiger partial charge is 0.159 e. The standard InChI is InChI=1S/C9H14N2/c1-7-5-10-11-6-8(7)9(2,3)4/h5-6H,1-4H3. The predicted octanol–water partition coefficient (Wildman–Crippen LogP) is 2.08. The van der Waals surface area contributed by atoms with Crippen LogP contribution in [0.3, 0.4) is 0 Å². The molecule has 1 aromatic heterocycles. The van der Waals surface area contributed by atoms with Crippen LogP contribution >= 0.6 is 0 Å². The molecule has 1 rings (SSSR count). The highest BCUT2D eigenvalue weighted by Crippen LogP contribution is 2.23. The van der Waals surface area contributed by atoms with Gasteiger partial charge in [0.15, 0.2) is 0 Å². The van der Waals surface area contributed by atoms with Gasteiger partial charge in [0.25, 0.3) is 0 Å². The molecule has 0 amide bonds. The fourth-order valence-electron chi connectivity index (χ4n) is 1.17. The van der Waals surface area contributed by atoms with Crippen LogP contribution in [0, 0.1) is 6.92 Å². The Bertz CT molecular complexity index is 248. The third-order valence-electron chi connectivity index (χ3n) is 1.74. The first kappa shape index (κ1) is 8.18. The van der Waals surface area contributed by atoms with E-state index < -0.39 is 0 Å². The van der Waals surface area contributed by atoms with Crippen molar-refractivity contribution >= 4 is 0 Å². The number of nitrogens with zero attached hydrogens (tertiary/aromatic N) is 2. The van der Waals surface area contributed by atoms with Crippen molar-refractivity contribution in [1.29, 1.82) is 0 Å². The molecular weight excluding hydrogens is 136 g/mol. The molecule has 60 valence electrons. The molecule has 0 aliphatic heterocycles. The Labute approximate surface area is 67.7 Å². The maximum absolute atomic E-state index is 3.86. The van der Waals surface area contributed by atoms with E-state index in [2.05, 4.69) is 37.9 Å². The zero-order valence-corrected chi connectivity index (χ0v) is 7.55. The highest BCUT2D eigenvalue weighted by atomic mass is 15.1. The maximum Gasteiger partial charge on any atom is 0.0536 e. The van der Waals surface area contributed by atoms with Gasteiger partial charge in [-0.3, -0.25) is 0 Å². The summed E-state index contributed by atoms with van der Waals surface area (Å²) in [6.07, 6.45) is 3.65. The molecule has 11 heavy (non-hydrogen) atoms. The molecule has 0 atom stereocenters. The molecule has 0 radical (unpaired) electrons. The minimum atomic E-state index is 0.181. The second-order valence-electron chi connectivity index (χ2n) is 3.84. The summed E-state index contributed by atoms with van der Waals surface area (Å²) in [4.78, 5) is 0. The Morgan fingerprint density at radius 2 is 1.64 bits per heavy atom. The van der Waals surface area contributed by atoms with Gasteiger partial charge in [0, 0.05) is 0 Å². The summed E-state index contributed by atoms with van der Waals surface area (Å²) >= 11 is 0. The van der Waals surface area contributed by atoms with Crippen LogP contribution in [0.5, 0.6) is 0 Å². The first-order valence-electron chi connectivity index (χ1n) is 3.79. The van der Waals surface area contributed by atoms with E-state index in [9.17, 15) is 0 Å². The van der Waals surface area contributed by atoms with Gasteiger partial charge in [-0.25, -0.2) is 0 Å². The lowest BCUT2D eigenvalue weighted by Crippen LogP contribution is -2.13. The lowest BCUT2D eigenvalue weighted by atomic mass is 9.86. The zero-order chi connectivity index (χ0) is 8.48. The Hall–Kier alpha value is -0.920. The Morgan fingerprint density at radius 1 is 1.09 bits per heavy atom. The monoisotopic (exact) mass is 150 g/mol. The first-order chi connectivity index (χ1) is 5.02. The van der Waals surface area contributed by atoms with Gasteiger partial charge in [0.1, 0.15) is 0 Å². The van der Waals surface area contributed by atoms with E-state index in [0.29, 0.717) is 0 Å². The van der Waals surface area contributed by atoms with Crippen LogP contribution in [0.25, 0.3) is 0 Å². The molecule has 0 fully saturated rings. The van der Waals surface area contributed by atoms with Crippen LogP contribution in [0.4, 0.5) is 0 Å². The summed E-state index contributed by atoms with van der Waals surface area (Å²) in [5.74, 6) is 0. The van der Waals surface area contributed by atoms with E-state index in [1.54, 1.807) is 6.20 Å². The number of aromatic nitrogens is 2. The van der Waals surface area contributed by atoms with E-state index >= 15 is 0 Å². The summed E-state index contributed by atoms with van der Waals surface area (Å²) in [7, 11) is 0. The van der Waals surface area contributed by atoms with Crippen LogP contribution in [-0.4, -0.2) is 10.2 Å². The third kappa shape index (κ3) is 1.76. The quantitative estimate of drug-likeness (QED) is 0.566. The number of rotatable bonds is 0. The van der Waals surface area contributed by atoms with Gasteiger partial charge in [-0.05, 0) is 23.5 Å². The molecule has 0 saturated heterocycles. The van der Waals surface area contributed by atoms with Crippen LogP contribution in [0.2, 0.25) is 0 Å². The third-order valence-corrected chi connectivity index (χ3v) is 1.74. The van der Waals surface area contributed by atoms with Crippen molar-refractivity contribution in [2.75, 3.05) is 0 Å². The molecule has 0 bridgehead atoms. The molecule has 1 aromatic rings. The topological polar surface area (TPSA) is 25.8 Å². The minimum Gasteiger partial charge on any atom is -0.159 e. The highest BCUT2D eigenvalue weighted by Gasteiger charge is 2.15. The summed E-state index contributed by atoms with van der Waals surface area (Å²) in [5, 5.41) is 7.67. The SMILES string of the molecule is Cc1cnncc1C(C)(C)C. The second kappa shape index (κ2) is 2.61. The van der Waals surface area contributed by atoms with Crippen molar-refractivity contribution in [2.45, 2.75) is 33.1 Å². The van der Waals surface area contributed by atoms with Crippen LogP contribution in [0.15, 0.2) is 12.4 Å². The molecule has 2 nitrogen and oxygen atoms in total. The zero-order valence-electron chi connectivity index (χ0n) is 7.55. The molecule has 0 unspecified atom stereocenters. The van der Waals surface area contributed by atoms with Crippen LogP contribution in [-0.2, 0) is 5.41 Å². The van der Waals surface area contributed by atoms with Crippen molar-refractivity contribution in [3.05, 3.63) is 23.5 Å². The molecule has 0 saturated carbocycles. The second-order valence-corrected chi connectivity index (χ2v) is 3.84. The van der Waals surface area contributed by atoms with Gasteiger partial charge in [-0.2, -0.15) is 10.2 Å². The van der Waals surface area contributed by atoms with Crippen LogP contribution in [0.1, 0.15) is 31.9 Å². The van der Waals surface area contributed by atoms with Crippen LogP contribution < -0.4 is 0 Å². The number of aryl methyl sites for hydroxylation is 1. The Balaban J connectivity index is 3.14. The van der Waals surface area contributed by atoms with Crippen molar-refractivity contribution in [3.63, 3.8) is 0 Å². The van der Waals surface area contributed by atoms with Gasteiger partial charge >= 0.3 is 0 Å². The smallest absolute Gasteiger partial charge is 0.0536 e. The summed E-state index contributed by atoms with van der Waals surface area (Å²) in [6.45, 7) is 8.60. The molecule has 0 aliphatic carbocycles. The molecule has 0 spiro atoms. The predicted molar refractivity (Wildman–Crippen MR) is 45.5 cm³/mol. The van der Waals surface area contributed by atoms with E-state index in [4.69, 9.17) is 0 Å². The lowest BCUT2D eigenvalue weighted by Gasteiger charge is -2.19. The molecule has 0 N–H and O–H groups in total. The fourth-order valence-corrected chi connectivity index (χ4v) is 1.17. The minimum absolute atomic E-state index is 0.181. The van der Waals surface area contributed by atoms with Gasteiger partial charge in [0.05, 0.1) is 12.4 Å². The van der Waals surface area contributed by atoms with Gasteiger partial charge in [0.2, 0.25) is 0 Å². The number of hydrogen-bond donors (Lipinski definition) is 0. The van der Waals surface area contributed by atoms with E-state index in [1.165, 1.54) is 11.1 Å². The molecule has 1 heterocycles. The maximum atomic E-state index is 3.86. The van der Waals surface area contributed by atoms with Gasteiger partial charge in [-0.1, -0.05) is 20.8 Å². The molecule has 0 aliphatic rings. The lowest BCUT2D eigenvalue weighted by molar-refractivity contribution is 0.580. The average Bonchev–Trinajstić information content (AvgIpc) is 1.86. The van der Waals surface area contributed by atoms with Gasteiger partial charge in [-0.15, -0.1) is 0 Å². The average molecular weight is 150 g/mol. The first-order valence-corrected chi connectivity index (χ1v) is 3.79. The van der Waals surface area contributed by atoms with Crippen molar-refractivity contribution in [2.24, 2.45) is 0 Å². The summed E-state index contributed by atoms with van der Waals surface area (Å²) in [6, 6.07) is 0. The van der Waals surface area contributed by atoms with Crippen molar-refractivity contribution in [1.82, 2.24) is 10.2 Å².